The van der Waals surface area contributed by atoms with Gasteiger partial charge in [-0.2, -0.15) is 0 Å². The molecule has 7 unspecified atom stereocenters. The van der Waals surface area contributed by atoms with Gasteiger partial charge in [0, 0.05) is 12.8 Å². The highest BCUT2D eigenvalue weighted by Gasteiger charge is 2.58. The van der Waals surface area contributed by atoms with Crippen molar-refractivity contribution in [3.8, 4) is 0 Å². The molecule has 0 heterocycles. The maximum absolute atomic E-state index is 11.5. The summed E-state index contributed by atoms with van der Waals surface area (Å²) in [5.41, 5.74) is 2.39. The first-order valence-electron chi connectivity index (χ1n) is 13.1. The molecule has 0 aromatic carbocycles. The molecule has 3 saturated carbocycles. The van der Waals surface area contributed by atoms with Crippen molar-refractivity contribution in [2.45, 2.75) is 113 Å². The zero-order chi connectivity index (χ0) is 23.4. The molecule has 3 nitrogen and oxygen atoms in total. The molecular weight excluding hydrogens is 384 g/mol. The average molecular weight is 433 g/mol. The van der Waals surface area contributed by atoms with Gasteiger partial charge in [-0.05, 0) is 85.9 Å². The monoisotopic (exact) mass is 432 g/mol. The number of hydrogen-bond acceptors (Lipinski definition) is 3. The van der Waals surface area contributed by atoms with Crippen molar-refractivity contribution in [3.05, 3.63) is 11.6 Å². The highest BCUT2D eigenvalue weighted by atomic mass is 16.5. The standard InChI is InChI=1S/C24H36O3.2C2H6/c1-15(14-25)20-7-8-21-19-6-5-17-13-18(27-16(2)26)9-11-23(17,3)22(19)10-12-24(20,21)4;2*1-2/h6,14-15,17-18,20-22H,5,7-13H2,1-4H3;2*1-2H3/t15-,17?,18?,20?,21?,22?,23?,24?;;/m1../s1. The van der Waals surface area contributed by atoms with Crippen molar-refractivity contribution in [2.24, 2.45) is 40.4 Å². The molecule has 0 aliphatic heterocycles. The minimum absolute atomic E-state index is 0.119. The number of allylic oxidation sites excluding steroid dienone is 2. The number of carbonyl (C=O) groups is 2. The van der Waals surface area contributed by atoms with E-state index in [-0.39, 0.29) is 18.0 Å². The van der Waals surface area contributed by atoms with Crippen LogP contribution in [0.25, 0.3) is 0 Å². The Hall–Kier alpha value is -1.12. The Bertz CT molecular complexity index is 653. The lowest BCUT2D eigenvalue weighted by Crippen LogP contribution is -2.50. The van der Waals surface area contributed by atoms with Crippen LogP contribution >= 0.6 is 0 Å². The van der Waals surface area contributed by atoms with Crippen LogP contribution in [0.15, 0.2) is 11.6 Å². The Labute approximate surface area is 191 Å². The topological polar surface area (TPSA) is 43.4 Å². The van der Waals surface area contributed by atoms with Crippen LogP contribution in [-0.2, 0) is 14.3 Å². The second-order valence-electron chi connectivity index (χ2n) is 10.5. The van der Waals surface area contributed by atoms with Crippen LogP contribution in [0.2, 0.25) is 0 Å². The van der Waals surface area contributed by atoms with E-state index in [9.17, 15) is 9.59 Å². The number of carbonyl (C=O) groups excluding carboxylic acids is 2. The molecule has 0 spiro atoms. The quantitative estimate of drug-likeness (QED) is 0.265. The molecule has 31 heavy (non-hydrogen) atoms. The molecule has 4 rings (SSSR count). The highest BCUT2D eigenvalue weighted by Crippen LogP contribution is 2.66. The third-order valence-electron chi connectivity index (χ3n) is 9.29. The smallest absolute Gasteiger partial charge is 0.302 e. The second-order valence-corrected chi connectivity index (χ2v) is 10.5. The molecule has 8 atom stereocenters. The summed E-state index contributed by atoms with van der Waals surface area (Å²) in [7, 11) is 0. The Morgan fingerprint density at radius 1 is 1.03 bits per heavy atom. The van der Waals surface area contributed by atoms with E-state index in [1.54, 1.807) is 5.57 Å². The summed E-state index contributed by atoms with van der Waals surface area (Å²) in [6.07, 6.45) is 13.2. The number of rotatable bonds is 3. The average Bonchev–Trinajstić information content (AvgIpc) is 3.13. The Kier molecular flexibility index (Phi) is 8.99. The molecule has 0 radical (unpaired) electrons. The fourth-order valence-corrected chi connectivity index (χ4v) is 7.81. The largest absolute Gasteiger partial charge is 0.463 e. The number of fused-ring (bicyclic) bond motifs is 5. The predicted octanol–water partition coefficient (Wildman–Crippen LogP) is 7.38. The number of hydrogen-bond donors (Lipinski definition) is 0. The molecule has 3 fully saturated rings. The van der Waals surface area contributed by atoms with Crippen LogP contribution in [0, 0.1) is 40.4 Å². The van der Waals surface area contributed by atoms with Gasteiger partial charge in [-0.3, -0.25) is 4.79 Å². The third kappa shape index (κ3) is 4.67. The first kappa shape index (κ1) is 26.1. The van der Waals surface area contributed by atoms with E-state index >= 15 is 0 Å². The minimum atomic E-state index is -0.134. The molecule has 0 amide bonds. The molecule has 178 valence electrons. The molecule has 0 bridgehead atoms. The van der Waals surface area contributed by atoms with Crippen molar-refractivity contribution in [1.82, 2.24) is 0 Å². The van der Waals surface area contributed by atoms with Crippen LogP contribution in [-0.4, -0.2) is 18.4 Å². The number of aldehydes is 1. The zero-order valence-corrected chi connectivity index (χ0v) is 21.5. The summed E-state index contributed by atoms with van der Waals surface area (Å²) in [5.74, 6) is 2.60. The summed E-state index contributed by atoms with van der Waals surface area (Å²) in [6.45, 7) is 16.6. The number of esters is 1. The van der Waals surface area contributed by atoms with E-state index in [2.05, 4.69) is 26.8 Å². The van der Waals surface area contributed by atoms with Crippen molar-refractivity contribution >= 4 is 12.3 Å². The molecule has 4 aliphatic carbocycles. The second kappa shape index (κ2) is 10.7. The normalized spacial score (nSPS) is 41.4. The van der Waals surface area contributed by atoms with Crippen LogP contribution in [0.5, 0.6) is 0 Å². The molecule has 0 aromatic rings. The van der Waals surface area contributed by atoms with Gasteiger partial charge in [-0.25, -0.2) is 0 Å². The van der Waals surface area contributed by atoms with Crippen LogP contribution < -0.4 is 0 Å². The van der Waals surface area contributed by atoms with Gasteiger partial charge in [-0.1, -0.05) is 60.1 Å². The summed E-state index contributed by atoms with van der Waals surface area (Å²) in [5, 5.41) is 0. The van der Waals surface area contributed by atoms with Crippen LogP contribution in [0.4, 0.5) is 0 Å². The van der Waals surface area contributed by atoms with Gasteiger partial charge in [0.1, 0.15) is 12.4 Å². The fraction of sp³-hybridized carbons (Fsp3) is 0.857. The molecule has 0 aromatic heterocycles. The SMILES string of the molecule is CC.CC.CC(=O)OC1CCC2(C)C(CC=C3C2CCC2(C)C3CCC2[C@H](C)C=O)C1. The van der Waals surface area contributed by atoms with E-state index in [4.69, 9.17) is 4.74 Å². The zero-order valence-electron chi connectivity index (χ0n) is 21.5. The van der Waals surface area contributed by atoms with E-state index in [0.29, 0.717) is 34.5 Å². The van der Waals surface area contributed by atoms with E-state index in [0.717, 1.165) is 19.3 Å². The third-order valence-corrected chi connectivity index (χ3v) is 9.29. The van der Waals surface area contributed by atoms with E-state index < -0.39 is 0 Å². The Morgan fingerprint density at radius 3 is 2.26 bits per heavy atom. The summed E-state index contributed by atoms with van der Waals surface area (Å²) < 4.78 is 5.57. The Balaban J connectivity index is 0.000000807. The first-order valence-corrected chi connectivity index (χ1v) is 13.1. The van der Waals surface area contributed by atoms with E-state index in [1.165, 1.54) is 45.3 Å². The molecule has 0 N–H and O–H groups in total. The maximum Gasteiger partial charge on any atom is 0.302 e. The van der Waals surface area contributed by atoms with Gasteiger partial charge in [0.15, 0.2) is 0 Å². The molecule has 4 aliphatic rings. The van der Waals surface area contributed by atoms with Crippen molar-refractivity contribution in [3.63, 3.8) is 0 Å². The van der Waals surface area contributed by atoms with Gasteiger partial charge in [-0.15, -0.1) is 0 Å². The van der Waals surface area contributed by atoms with Gasteiger partial charge < -0.3 is 9.53 Å². The fourth-order valence-electron chi connectivity index (χ4n) is 7.81. The van der Waals surface area contributed by atoms with Gasteiger partial charge in [0.05, 0.1) is 0 Å². The summed E-state index contributed by atoms with van der Waals surface area (Å²) >= 11 is 0. The highest BCUT2D eigenvalue weighted by molar-refractivity contribution is 5.66. The molecule has 0 saturated heterocycles. The lowest BCUT2D eigenvalue weighted by Gasteiger charge is -2.57. The summed E-state index contributed by atoms with van der Waals surface area (Å²) in [4.78, 5) is 22.9. The lowest BCUT2D eigenvalue weighted by atomic mass is 9.47. The lowest BCUT2D eigenvalue weighted by molar-refractivity contribution is -0.152. The van der Waals surface area contributed by atoms with Crippen molar-refractivity contribution in [2.75, 3.05) is 0 Å². The molecule has 3 heteroatoms. The van der Waals surface area contributed by atoms with E-state index in [1.807, 2.05) is 27.7 Å². The van der Waals surface area contributed by atoms with Gasteiger partial charge >= 0.3 is 5.97 Å². The van der Waals surface area contributed by atoms with Crippen LogP contribution in [0.3, 0.4) is 0 Å². The maximum atomic E-state index is 11.5. The predicted molar refractivity (Wildman–Crippen MR) is 129 cm³/mol. The molecular formula is C28H48O3. The van der Waals surface area contributed by atoms with Crippen molar-refractivity contribution < 1.29 is 14.3 Å². The minimum Gasteiger partial charge on any atom is -0.463 e. The number of ether oxygens (including phenoxy) is 1. The Morgan fingerprint density at radius 2 is 1.65 bits per heavy atom. The van der Waals surface area contributed by atoms with Gasteiger partial charge in [0.25, 0.3) is 0 Å². The first-order chi connectivity index (χ1) is 14.8. The summed E-state index contributed by atoms with van der Waals surface area (Å²) in [6, 6.07) is 0. The van der Waals surface area contributed by atoms with Crippen molar-refractivity contribution in [1.29, 1.82) is 0 Å². The van der Waals surface area contributed by atoms with Gasteiger partial charge in [0.2, 0.25) is 0 Å². The van der Waals surface area contributed by atoms with Crippen LogP contribution in [0.1, 0.15) is 107 Å².